The second-order valence-corrected chi connectivity index (χ2v) is 5.58. The van der Waals surface area contributed by atoms with Crippen molar-refractivity contribution in [1.29, 1.82) is 0 Å². The molecule has 1 amide bonds. The van der Waals surface area contributed by atoms with Crippen molar-refractivity contribution in [2.75, 3.05) is 26.7 Å². The predicted molar refractivity (Wildman–Crippen MR) is 88.8 cm³/mol. The third kappa shape index (κ3) is 3.30. The minimum absolute atomic E-state index is 0.0156. The number of carbonyl (C=O) groups excluding carboxylic acids is 1. The van der Waals surface area contributed by atoms with Crippen molar-refractivity contribution in [1.82, 2.24) is 19.8 Å². The minimum atomic E-state index is -0.421. The Morgan fingerprint density at radius 3 is 3.00 bits per heavy atom. The fraction of sp³-hybridized carbons (Fsp3) is 0.353. The zero-order valence-corrected chi connectivity index (χ0v) is 13.5. The highest BCUT2D eigenvalue weighted by Crippen LogP contribution is 2.30. The molecule has 1 aliphatic rings. The zero-order valence-electron chi connectivity index (χ0n) is 13.5. The number of ether oxygens (including phenoxy) is 1. The monoisotopic (exact) mass is 328 g/mol. The van der Waals surface area contributed by atoms with Crippen molar-refractivity contribution in [3.05, 3.63) is 58.8 Å². The molecule has 1 aromatic carbocycles. The summed E-state index contributed by atoms with van der Waals surface area (Å²) in [7, 11) is 1.62. The van der Waals surface area contributed by atoms with E-state index in [-0.39, 0.29) is 18.5 Å². The Bertz CT molecular complexity index is 774. The SMILES string of the molecule is COc1ccccc1[C@H]1CNCCN1C(=O)Cn1cccnc1=O. The molecule has 0 spiro atoms. The van der Waals surface area contributed by atoms with E-state index in [4.69, 9.17) is 4.74 Å². The van der Waals surface area contributed by atoms with Gasteiger partial charge in [0.2, 0.25) is 5.91 Å². The Balaban J connectivity index is 1.85. The van der Waals surface area contributed by atoms with E-state index >= 15 is 0 Å². The molecule has 3 rings (SSSR count). The van der Waals surface area contributed by atoms with Crippen LogP contribution in [-0.2, 0) is 11.3 Å². The largest absolute Gasteiger partial charge is 0.496 e. The first-order valence-corrected chi connectivity index (χ1v) is 7.85. The average molecular weight is 328 g/mol. The lowest BCUT2D eigenvalue weighted by molar-refractivity contribution is -0.135. The number of para-hydroxylation sites is 1. The van der Waals surface area contributed by atoms with E-state index < -0.39 is 5.69 Å². The molecule has 2 heterocycles. The summed E-state index contributed by atoms with van der Waals surface area (Å²) in [5.41, 5.74) is 0.536. The van der Waals surface area contributed by atoms with Gasteiger partial charge in [0.15, 0.2) is 0 Å². The lowest BCUT2D eigenvalue weighted by Gasteiger charge is -2.37. The summed E-state index contributed by atoms with van der Waals surface area (Å²) in [5.74, 6) is 0.644. The molecule has 0 radical (unpaired) electrons. The van der Waals surface area contributed by atoms with Crippen LogP contribution in [0.25, 0.3) is 0 Å². The van der Waals surface area contributed by atoms with Crippen molar-refractivity contribution < 1.29 is 9.53 Å². The van der Waals surface area contributed by atoms with Crippen LogP contribution < -0.4 is 15.7 Å². The first kappa shape index (κ1) is 16.2. The van der Waals surface area contributed by atoms with Crippen molar-refractivity contribution in [3.8, 4) is 5.75 Å². The van der Waals surface area contributed by atoms with Crippen LogP contribution in [0, 0.1) is 0 Å². The number of carbonyl (C=O) groups is 1. The topological polar surface area (TPSA) is 76.5 Å². The Morgan fingerprint density at radius 1 is 1.38 bits per heavy atom. The fourth-order valence-electron chi connectivity index (χ4n) is 2.97. The van der Waals surface area contributed by atoms with Gasteiger partial charge in [0.1, 0.15) is 12.3 Å². The molecule has 1 aromatic heterocycles. The summed E-state index contributed by atoms with van der Waals surface area (Å²) < 4.78 is 6.76. The van der Waals surface area contributed by atoms with Crippen molar-refractivity contribution >= 4 is 5.91 Å². The highest BCUT2D eigenvalue weighted by Gasteiger charge is 2.29. The number of piperazine rings is 1. The van der Waals surface area contributed by atoms with Crippen molar-refractivity contribution in [3.63, 3.8) is 0 Å². The molecule has 126 valence electrons. The minimum Gasteiger partial charge on any atom is -0.496 e. The van der Waals surface area contributed by atoms with Crippen LogP contribution in [0.1, 0.15) is 11.6 Å². The van der Waals surface area contributed by atoms with Crippen LogP contribution in [-0.4, -0.2) is 47.1 Å². The standard InChI is InChI=1S/C17H20N4O3/c1-24-15-6-3-2-5-13(15)14-11-18-8-10-21(14)16(22)12-20-9-4-7-19-17(20)23/h2-7,9,14,18H,8,10-12H2,1H3/t14-/m1/s1. The molecule has 1 aliphatic heterocycles. The van der Waals surface area contributed by atoms with Gasteiger partial charge in [-0.1, -0.05) is 18.2 Å². The van der Waals surface area contributed by atoms with E-state index in [0.29, 0.717) is 13.1 Å². The van der Waals surface area contributed by atoms with Crippen molar-refractivity contribution in [2.24, 2.45) is 0 Å². The molecule has 7 heteroatoms. The molecule has 0 unspecified atom stereocenters. The second kappa shape index (κ2) is 7.27. The van der Waals surface area contributed by atoms with Crippen molar-refractivity contribution in [2.45, 2.75) is 12.6 Å². The molecular formula is C17H20N4O3. The summed E-state index contributed by atoms with van der Waals surface area (Å²) >= 11 is 0. The molecule has 2 aromatic rings. The summed E-state index contributed by atoms with van der Waals surface area (Å²) in [6, 6.07) is 9.20. The number of nitrogens with one attached hydrogen (secondary N) is 1. The molecule has 1 saturated heterocycles. The second-order valence-electron chi connectivity index (χ2n) is 5.58. The number of rotatable bonds is 4. The van der Waals surface area contributed by atoms with Gasteiger partial charge in [0, 0.05) is 37.6 Å². The number of nitrogens with zero attached hydrogens (tertiary/aromatic N) is 3. The van der Waals surface area contributed by atoms with Crippen LogP contribution in [0.4, 0.5) is 0 Å². The number of amides is 1. The Labute approximate surface area is 139 Å². The Kier molecular flexibility index (Phi) is 4.90. The van der Waals surface area contributed by atoms with Crippen LogP contribution in [0.5, 0.6) is 5.75 Å². The molecule has 1 atom stereocenters. The summed E-state index contributed by atoms with van der Waals surface area (Å²) in [4.78, 5) is 30.0. The van der Waals surface area contributed by atoms with Crippen LogP contribution in [0.3, 0.4) is 0 Å². The first-order valence-electron chi connectivity index (χ1n) is 7.85. The predicted octanol–water partition coefficient (Wildman–Crippen LogP) is 0.425. The van der Waals surface area contributed by atoms with Crippen LogP contribution in [0.2, 0.25) is 0 Å². The van der Waals surface area contributed by atoms with E-state index in [2.05, 4.69) is 10.3 Å². The first-order chi connectivity index (χ1) is 11.7. The maximum atomic E-state index is 12.8. The Morgan fingerprint density at radius 2 is 2.21 bits per heavy atom. The van der Waals surface area contributed by atoms with Gasteiger partial charge in [0.25, 0.3) is 0 Å². The summed E-state index contributed by atoms with van der Waals surface area (Å²) in [5, 5.41) is 3.31. The smallest absolute Gasteiger partial charge is 0.347 e. The summed E-state index contributed by atoms with van der Waals surface area (Å²) in [6.07, 6.45) is 3.00. The molecular weight excluding hydrogens is 308 g/mol. The zero-order chi connectivity index (χ0) is 16.9. The Hall–Kier alpha value is -2.67. The normalized spacial score (nSPS) is 17.5. The van der Waals surface area contributed by atoms with Gasteiger partial charge in [-0.3, -0.25) is 9.36 Å². The highest BCUT2D eigenvalue weighted by molar-refractivity contribution is 5.77. The van der Waals surface area contributed by atoms with Gasteiger partial charge in [0.05, 0.1) is 13.2 Å². The van der Waals surface area contributed by atoms with Gasteiger partial charge in [-0.05, 0) is 12.1 Å². The van der Waals surface area contributed by atoms with E-state index in [0.717, 1.165) is 17.9 Å². The average Bonchev–Trinajstić information content (AvgIpc) is 2.63. The van der Waals surface area contributed by atoms with E-state index in [1.54, 1.807) is 24.3 Å². The number of aromatic nitrogens is 2. The molecule has 1 fully saturated rings. The van der Waals surface area contributed by atoms with Gasteiger partial charge in [-0.25, -0.2) is 9.78 Å². The number of hydrogen-bond acceptors (Lipinski definition) is 5. The van der Waals surface area contributed by atoms with E-state index in [1.807, 2.05) is 24.3 Å². The molecule has 0 bridgehead atoms. The lowest BCUT2D eigenvalue weighted by Crippen LogP contribution is -2.50. The molecule has 1 N–H and O–H groups in total. The molecule has 0 aliphatic carbocycles. The van der Waals surface area contributed by atoms with Crippen LogP contribution in [0.15, 0.2) is 47.5 Å². The third-order valence-corrected chi connectivity index (χ3v) is 4.15. The number of methoxy groups -OCH3 is 1. The van der Waals surface area contributed by atoms with Gasteiger partial charge in [-0.15, -0.1) is 0 Å². The highest BCUT2D eigenvalue weighted by atomic mass is 16.5. The fourth-order valence-corrected chi connectivity index (χ4v) is 2.97. The van der Waals surface area contributed by atoms with Gasteiger partial charge >= 0.3 is 5.69 Å². The molecule has 0 saturated carbocycles. The summed E-state index contributed by atoms with van der Waals surface area (Å²) in [6.45, 7) is 1.93. The number of benzene rings is 1. The van der Waals surface area contributed by atoms with Gasteiger partial charge in [-0.2, -0.15) is 0 Å². The lowest BCUT2D eigenvalue weighted by atomic mass is 10.0. The van der Waals surface area contributed by atoms with E-state index in [9.17, 15) is 9.59 Å². The van der Waals surface area contributed by atoms with Crippen LogP contribution >= 0.6 is 0 Å². The molecule has 7 nitrogen and oxygen atoms in total. The molecule has 24 heavy (non-hydrogen) atoms. The van der Waals surface area contributed by atoms with Gasteiger partial charge < -0.3 is 15.0 Å². The maximum Gasteiger partial charge on any atom is 0.347 e. The number of hydrogen-bond donors (Lipinski definition) is 1. The maximum absolute atomic E-state index is 12.8. The quantitative estimate of drug-likeness (QED) is 0.880. The third-order valence-electron chi connectivity index (χ3n) is 4.15. The van der Waals surface area contributed by atoms with E-state index in [1.165, 1.54) is 10.8 Å².